The molecule has 0 radical (unpaired) electrons. The fourth-order valence-corrected chi connectivity index (χ4v) is 10.5. The van der Waals surface area contributed by atoms with Crippen molar-refractivity contribution in [1.82, 2.24) is 25.2 Å². The maximum atomic E-state index is 15.2. The van der Waals surface area contributed by atoms with Gasteiger partial charge in [-0.1, -0.05) is 50.6 Å². The topological polar surface area (TPSA) is 203 Å². The Morgan fingerprint density at radius 1 is 1.03 bits per heavy atom. The van der Waals surface area contributed by atoms with Gasteiger partial charge in [0.05, 0.1) is 30.3 Å². The van der Waals surface area contributed by atoms with Crippen molar-refractivity contribution >= 4 is 56.2 Å². The number of hydrogen-bond acceptors (Lipinski definition) is 11. The van der Waals surface area contributed by atoms with Crippen LogP contribution in [0.4, 0.5) is 23.7 Å². The summed E-state index contributed by atoms with van der Waals surface area (Å²) in [6, 6.07) is 11.0. The molecule has 16 nitrogen and oxygen atoms in total. The maximum absolute atomic E-state index is 15.2. The molecule has 1 saturated heterocycles. The maximum Gasteiger partial charge on any atom is 0.427 e. The van der Waals surface area contributed by atoms with Crippen LogP contribution in [0.25, 0.3) is 10.8 Å². The van der Waals surface area contributed by atoms with E-state index in [9.17, 15) is 40.8 Å². The van der Waals surface area contributed by atoms with Crippen molar-refractivity contribution in [2.45, 2.75) is 133 Å². The zero-order valence-electron chi connectivity index (χ0n) is 39.9. The molecule has 2 saturated carbocycles. The van der Waals surface area contributed by atoms with E-state index < -0.39 is 85.9 Å². The predicted octanol–water partition coefficient (Wildman–Crippen LogP) is 6.97. The highest BCUT2D eigenvalue weighted by molar-refractivity contribution is 7.91. The van der Waals surface area contributed by atoms with E-state index in [0.29, 0.717) is 80.1 Å². The Labute approximate surface area is 400 Å². The molecule has 7 atom stereocenters. The number of halogens is 3. The summed E-state index contributed by atoms with van der Waals surface area (Å²) in [6.07, 6.45) is 0.0680. The Morgan fingerprint density at radius 3 is 2.38 bits per heavy atom. The number of nitrogens with one attached hydrogen (secondary N) is 3. The monoisotopic (exact) mass is 982 g/mol. The Morgan fingerprint density at radius 2 is 1.74 bits per heavy atom. The molecule has 7 unspecified atom stereocenters. The van der Waals surface area contributed by atoms with Gasteiger partial charge in [0.2, 0.25) is 33.3 Å². The lowest BCUT2D eigenvalue weighted by Gasteiger charge is -2.35. The number of allylic oxidation sites excluding steroid dienone is 1. The van der Waals surface area contributed by atoms with Crippen LogP contribution in [-0.4, -0.2) is 108 Å². The average molecular weight is 983 g/mol. The van der Waals surface area contributed by atoms with Crippen LogP contribution >= 0.6 is 0 Å². The second-order valence-corrected chi connectivity index (χ2v) is 21.6. The van der Waals surface area contributed by atoms with Crippen LogP contribution in [0.15, 0.2) is 66.9 Å². The molecule has 374 valence electrons. The first-order chi connectivity index (χ1) is 32.5. The predicted molar refractivity (Wildman–Crippen MR) is 250 cm³/mol. The number of nitrogens with zero attached hydrogens (tertiary/aromatic N) is 3. The molecule has 20 heteroatoms. The van der Waals surface area contributed by atoms with Gasteiger partial charge in [0.15, 0.2) is 0 Å². The van der Waals surface area contributed by atoms with Crippen LogP contribution in [0.5, 0.6) is 11.6 Å². The van der Waals surface area contributed by atoms with Crippen molar-refractivity contribution < 1.29 is 59.8 Å². The Kier molecular flexibility index (Phi) is 14.4. The molecule has 3 heterocycles. The Balaban J connectivity index is 1.27. The van der Waals surface area contributed by atoms with Gasteiger partial charge in [0, 0.05) is 35.2 Å². The molecule has 3 fully saturated rings. The number of sulfonamides is 1. The first kappa shape index (κ1) is 50.9. The molecule has 0 spiro atoms. The number of methoxy groups -OCH3 is 1. The lowest BCUT2D eigenvalue weighted by Crippen LogP contribution is -2.60. The molecule has 2 aliphatic heterocycles. The van der Waals surface area contributed by atoms with E-state index >= 15 is 4.79 Å². The van der Waals surface area contributed by atoms with E-state index in [2.05, 4.69) is 20.3 Å². The number of carbonyl (C=O) groups is 5. The number of hydrogen-bond donors (Lipinski definition) is 3. The number of alkyl halides is 3. The zero-order chi connectivity index (χ0) is 50.3. The number of ether oxygens (including phenoxy) is 3. The molecule has 3 N–H and O–H groups in total. The van der Waals surface area contributed by atoms with Gasteiger partial charge in [-0.25, -0.2) is 18.2 Å². The molecule has 0 bridgehead atoms. The van der Waals surface area contributed by atoms with Gasteiger partial charge in [0.25, 0.3) is 11.8 Å². The van der Waals surface area contributed by atoms with Crippen LogP contribution < -0.4 is 29.7 Å². The van der Waals surface area contributed by atoms with E-state index in [0.717, 1.165) is 0 Å². The average Bonchev–Trinajstić information content (AvgIpc) is 4.19. The minimum absolute atomic E-state index is 0.0691. The summed E-state index contributed by atoms with van der Waals surface area (Å²) in [6.45, 7) is 8.45. The number of benzene rings is 2. The van der Waals surface area contributed by atoms with Crippen LogP contribution in [0.1, 0.15) is 103 Å². The van der Waals surface area contributed by atoms with Crippen molar-refractivity contribution in [1.29, 1.82) is 0 Å². The lowest BCUT2D eigenvalue weighted by atomic mass is 9.85. The molecule has 4 aliphatic rings. The molecular formula is C49H61F3N6O10S. The number of pyridine rings is 1. The molecule has 7 rings (SSSR count). The van der Waals surface area contributed by atoms with Gasteiger partial charge in [-0.15, -0.1) is 0 Å². The minimum Gasteiger partial charge on any atom is -0.497 e. The first-order valence-electron chi connectivity index (χ1n) is 23.4. The number of rotatable bonds is 12. The number of fused-ring (bicyclic) bond motifs is 3. The SMILES string of the molecule is CCC1CC(C)CCC=CC2CC2(C(=O)NS(=O)(=O)C2(C)CC2)NC(=O)C2CC(Oc3ncc(N(CC)C(=O)c4ccccc4)c4cc(OC)ccc34)CN2C(=O)C1NC(=O)OC(C)(C)C(F)(F)F. The second kappa shape index (κ2) is 19.5. The van der Waals surface area contributed by atoms with Gasteiger partial charge in [-0.2, -0.15) is 13.2 Å². The van der Waals surface area contributed by atoms with E-state index in [-0.39, 0.29) is 43.6 Å². The largest absolute Gasteiger partial charge is 0.497 e. The summed E-state index contributed by atoms with van der Waals surface area (Å²) < 4.78 is 86.7. The third-order valence-corrected chi connectivity index (χ3v) is 16.3. The van der Waals surface area contributed by atoms with Gasteiger partial charge >= 0.3 is 12.3 Å². The number of alkyl carbamates (subject to hydrolysis) is 1. The standard InChI is InChI=1S/C49H61F3N6O10S/c1-8-30-23-29(3)15-13-14-18-32-26-48(32,44(62)56-69(64,65)47(6)21-22-47)55-40(59)37-25-34(28-58(37)43(61)39(30)54-45(63)68-46(4,5)49(50,51)52)67-41-35-20-19-33(66-7)24-36(35)38(27-53-41)57(9-2)42(60)31-16-11-10-12-17-31/h10-12,14,16-20,24,27,29-30,32,34,37,39H,8-9,13,15,21-23,25-26,28H2,1-7H3,(H,54,63)(H,55,59)(H,56,62). The van der Waals surface area contributed by atoms with Crippen molar-refractivity contribution in [3.05, 3.63) is 72.4 Å². The quantitative estimate of drug-likeness (QED) is 0.158. The summed E-state index contributed by atoms with van der Waals surface area (Å²) in [5.41, 5.74) is -3.72. The van der Waals surface area contributed by atoms with Crippen molar-refractivity contribution in [2.75, 3.05) is 25.1 Å². The van der Waals surface area contributed by atoms with Gasteiger partial charge in [-0.05, 0) is 108 Å². The number of anilines is 1. The lowest BCUT2D eigenvalue weighted by molar-refractivity contribution is -0.244. The highest BCUT2D eigenvalue weighted by Crippen LogP contribution is 2.48. The zero-order valence-corrected chi connectivity index (χ0v) is 40.7. The van der Waals surface area contributed by atoms with E-state index in [1.807, 2.05) is 19.9 Å². The van der Waals surface area contributed by atoms with E-state index in [4.69, 9.17) is 14.2 Å². The fourth-order valence-electron chi connectivity index (χ4n) is 9.20. The Hall–Kier alpha value is -5.92. The third-order valence-electron chi connectivity index (χ3n) is 14.1. The molecule has 2 aliphatic carbocycles. The fraction of sp³-hybridized carbons (Fsp3) is 0.551. The molecule has 5 amide bonds. The van der Waals surface area contributed by atoms with Crippen LogP contribution in [0.2, 0.25) is 0 Å². The van der Waals surface area contributed by atoms with Gasteiger partial charge < -0.3 is 34.6 Å². The van der Waals surface area contributed by atoms with Crippen LogP contribution in [0.3, 0.4) is 0 Å². The molecule has 69 heavy (non-hydrogen) atoms. The van der Waals surface area contributed by atoms with Gasteiger partial charge in [-0.3, -0.25) is 23.9 Å². The number of amides is 5. The summed E-state index contributed by atoms with van der Waals surface area (Å²) in [5.74, 6) is -3.57. The second-order valence-electron chi connectivity index (χ2n) is 19.4. The van der Waals surface area contributed by atoms with Gasteiger partial charge in [0.1, 0.15) is 29.5 Å². The normalized spacial score (nSPS) is 26.0. The van der Waals surface area contributed by atoms with Crippen LogP contribution in [0, 0.1) is 17.8 Å². The first-order valence-corrected chi connectivity index (χ1v) is 24.9. The molecule has 3 aromatic rings. The highest BCUT2D eigenvalue weighted by atomic mass is 32.2. The summed E-state index contributed by atoms with van der Waals surface area (Å²) in [4.78, 5) is 78.8. The molecule has 1 aromatic heterocycles. The highest BCUT2D eigenvalue weighted by Gasteiger charge is 2.63. The number of aromatic nitrogens is 1. The Bertz CT molecular complexity index is 2610. The third kappa shape index (κ3) is 10.5. The van der Waals surface area contributed by atoms with E-state index in [1.165, 1.54) is 25.1 Å². The molecular weight excluding hydrogens is 922 g/mol. The van der Waals surface area contributed by atoms with Crippen molar-refractivity contribution in [3.63, 3.8) is 0 Å². The molecule has 2 aromatic carbocycles. The minimum atomic E-state index is -4.95. The summed E-state index contributed by atoms with van der Waals surface area (Å²) >= 11 is 0. The summed E-state index contributed by atoms with van der Waals surface area (Å²) in [5, 5.41) is 6.25. The van der Waals surface area contributed by atoms with E-state index in [1.54, 1.807) is 66.4 Å². The smallest absolute Gasteiger partial charge is 0.427 e. The summed E-state index contributed by atoms with van der Waals surface area (Å²) in [7, 11) is -2.63. The van der Waals surface area contributed by atoms with Crippen molar-refractivity contribution in [2.24, 2.45) is 17.8 Å². The van der Waals surface area contributed by atoms with Crippen LogP contribution in [-0.2, 0) is 29.1 Å². The number of carbonyl (C=O) groups excluding carboxylic acids is 5. The van der Waals surface area contributed by atoms with Crippen molar-refractivity contribution in [3.8, 4) is 11.6 Å².